The van der Waals surface area contributed by atoms with E-state index in [0.717, 1.165) is 35.2 Å². The highest BCUT2D eigenvalue weighted by molar-refractivity contribution is 5.92. The Balaban J connectivity index is 1.95. The molecule has 1 aliphatic heterocycles. The van der Waals surface area contributed by atoms with E-state index in [2.05, 4.69) is 17.4 Å². The van der Waals surface area contributed by atoms with Gasteiger partial charge in [-0.1, -0.05) is 31.2 Å². The molecule has 0 aliphatic carbocycles. The molecule has 3 nitrogen and oxygen atoms in total. The van der Waals surface area contributed by atoms with E-state index in [1.165, 1.54) is 11.6 Å². The Morgan fingerprint density at radius 3 is 2.60 bits per heavy atom. The van der Waals surface area contributed by atoms with Crippen LogP contribution < -0.4 is 10.2 Å². The van der Waals surface area contributed by atoms with Gasteiger partial charge in [0.2, 0.25) is 5.91 Å². The summed E-state index contributed by atoms with van der Waals surface area (Å²) in [5.74, 6) is -0.144. The van der Waals surface area contributed by atoms with Crippen LogP contribution in [0.3, 0.4) is 0 Å². The summed E-state index contributed by atoms with van der Waals surface area (Å²) in [5, 5.41) is 2.98. The number of amides is 1. The predicted octanol–water partition coefficient (Wildman–Crippen LogP) is 4.91. The van der Waals surface area contributed by atoms with Crippen molar-refractivity contribution in [3.63, 3.8) is 0 Å². The van der Waals surface area contributed by atoms with E-state index in [1.54, 1.807) is 6.07 Å². The summed E-state index contributed by atoms with van der Waals surface area (Å²) in [6.45, 7) is 5.87. The van der Waals surface area contributed by atoms with Gasteiger partial charge in [0.1, 0.15) is 5.82 Å². The lowest BCUT2D eigenvalue weighted by Crippen LogP contribution is -2.30. The van der Waals surface area contributed by atoms with Crippen LogP contribution in [0.2, 0.25) is 0 Å². The van der Waals surface area contributed by atoms with Crippen LogP contribution in [0.5, 0.6) is 0 Å². The van der Waals surface area contributed by atoms with Crippen molar-refractivity contribution in [3.8, 4) is 0 Å². The van der Waals surface area contributed by atoms with Gasteiger partial charge < -0.3 is 10.2 Å². The van der Waals surface area contributed by atoms with Gasteiger partial charge in [-0.15, -0.1) is 0 Å². The largest absolute Gasteiger partial charge is 0.365 e. The third-order valence-electron chi connectivity index (χ3n) is 5.10. The first-order valence-corrected chi connectivity index (χ1v) is 8.83. The van der Waals surface area contributed by atoms with Crippen molar-refractivity contribution in [2.75, 3.05) is 17.3 Å². The standard InChI is InChI=1S/C21H25FN2O/c1-5-19(25)23-20-13(2)11-16(12-14(20)3)18-10-9-15-7-6-8-17(22)21(15)24(18)4/h6-8,11-12,18H,5,9-10H2,1-4H3,(H,23,25). The number of hydrogen-bond donors (Lipinski definition) is 1. The van der Waals surface area contributed by atoms with Crippen molar-refractivity contribution in [2.24, 2.45) is 0 Å². The summed E-state index contributed by atoms with van der Waals surface area (Å²) >= 11 is 0. The Kier molecular flexibility index (Phi) is 4.80. The Morgan fingerprint density at radius 1 is 1.28 bits per heavy atom. The van der Waals surface area contributed by atoms with Crippen LogP contribution in [0.4, 0.5) is 15.8 Å². The zero-order valence-corrected chi connectivity index (χ0v) is 15.3. The average molecular weight is 340 g/mol. The summed E-state index contributed by atoms with van der Waals surface area (Å²) in [6.07, 6.45) is 2.28. The van der Waals surface area contributed by atoms with Crippen molar-refractivity contribution in [1.29, 1.82) is 0 Å². The summed E-state index contributed by atoms with van der Waals surface area (Å²) in [6, 6.07) is 9.68. The Bertz CT molecular complexity index is 793. The van der Waals surface area contributed by atoms with E-state index >= 15 is 0 Å². The van der Waals surface area contributed by atoms with Crippen LogP contribution in [0.1, 0.15) is 48.1 Å². The molecule has 25 heavy (non-hydrogen) atoms. The van der Waals surface area contributed by atoms with Crippen LogP contribution in [-0.2, 0) is 11.2 Å². The molecular formula is C21H25FN2O. The van der Waals surface area contributed by atoms with Crippen molar-refractivity contribution >= 4 is 17.3 Å². The normalized spacial score (nSPS) is 16.5. The number of hydrogen-bond acceptors (Lipinski definition) is 2. The minimum absolute atomic E-state index is 0.0183. The highest BCUT2D eigenvalue weighted by Crippen LogP contribution is 2.40. The number of anilines is 2. The van der Waals surface area contributed by atoms with Gasteiger partial charge in [0.05, 0.1) is 11.7 Å². The number of nitrogens with one attached hydrogen (secondary N) is 1. The summed E-state index contributed by atoms with van der Waals surface area (Å²) in [5.41, 5.74) is 5.92. The second-order valence-corrected chi connectivity index (χ2v) is 6.84. The van der Waals surface area contributed by atoms with E-state index in [9.17, 15) is 9.18 Å². The predicted molar refractivity (Wildman–Crippen MR) is 101 cm³/mol. The number of aryl methyl sites for hydroxylation is 3. The number of para-hydroxylation sites is 1. The van der Waals surface area contributed by atoms with Gasteiger partial charge in [-0.2, -0.15) is 0 Å². The van der Waals surface area contributed by atoms with E-state index in [1.807, 2.05) is 38.8 Å². The first-order chi connectivity index (χ1) is 11.9. The molecule has 2 aromatic rings. The van der Waals surface area contributed by atoms with Gasteiger partial charge in [-0.05, 0) is 55.0 Å². The summed E-state index contributed by atoms with van der Waals surface area (Å²) in [7, 11) is 1.96. The maximum atomic E-state index is 14.3. The molecule has 1 aliphatic rings. The highest BCUT2D eigenvalue weighted by Gasteiger charge is 2.27. The zero-order valence-electron chi connectivity index (χ0n) is 15.3. The Labute approximate surface area is 148 Å². The smallest absolute Gasteiger partial charge is 0.224 e. The maximum absolute atomic E-state index is 14.3. The summed E-state index contributed by atoms with van der Waals surface area (Å²) < 4.78 is 14.3. The fourth-order valence-corrected chi connectivity index (χ4v) is 3.80. The maximum Gasteiger partial charge on any atom is 0.224 e. The quantitative estimate of drug-likeness (QED) is 0.860. The molecule has 1 N–H and O–H groups in total. The van der Waals surface area contributed by atoms with Crippen molar-refractivity contribution < 1.29 is 9.18 Å². The SMILES string of the molecule is CCC(=O)Nc1c(C)cc(C2CCc3cccc(F)c3N2C)cc1C. The number of benzene rings is 2. The molecule has 1 amide bonds. The molecule has 0 spiro atoms. The van der Waals surface area contributed by atoms with Crippen molar-refractivity contribution in [2.45, 2.75) is 46.1 Å². The highest BCUT2D eigenvalue weighted by atomic mass is 19.1. The molecule has 0 saturated heterocycles. The first-order valence-electron chi connectivity index (χ1n) is 8.83. The molecule has 1 atom stereocenters. The van der Waals surface area contributed by atoms with Gasteiger partial charge in [0.15, 0.2) is 0 Å². The first kappa shape index (κ1) is 17.5. The lowest BCUT2D eigenvalue weighted by molar-refractivity contribution is -0.115. The van der Waals surface area contributed by atoms with Crippen molar-refractivity contribution in [1.82, 2.24) is 0 Å². The average Bonchev–Trinajstić information content (AvgIpc) is 2.58. The van der Waals surface area contributed by atoms with Crippen LogP contribution in [0, 0.1) is 19.7 Å². The number of carbonyl (C=O) groups excluding carboxylic acids is 1. The molecule has 1 heterocycles. The van der Waals surface area contributed by atoms with E-state index < -0.39 is 0 Å². The number of rotatable bonds is 3. The molecule has 0 aromatic heterocycles. The lowest BCUT2D eigenvalue weighted by atomic mass is 9.89. The van der Waals surface area contributed by atoms with Gasteiger partial charge in [-0.25, -0.2) is 4.39 Å². The molecule has 0 radical (unpaired) electrons. The molecular weight excluding hydrogens is 315 g/mol. The molecule has 1 unspecified atom stereocenters. The fraction of sp³-hybridized carbons (Fsp3) is 0.381. The molecule has 0 saturated carbocycles. The molecule has 3 rings (SSSR count). The minimum atomic E-state index is -0.162. The topological polar surface area (TPSA) is 32.3 Å². The Morgan fingerprint density at radius 2 is 1.96 bits per heavy atom. The third kappa shape index (κ3) is 3.26. The second kappa shape index (κ2) is 6.87. The van der Waals surface area contributed by atoms with Gasteiger partial charge in [-0.3, -0.25) is 4.79 Å². The monoisotopic (exact) mass is 340 g/mol. The van der Waals surface area contributed by atoms with Crippen LogP contribution in [-0.4, -0.2) is 13.0 Å². The van der Waals surface area contributed by atoms with E-state index in [0.29, 0.717) is 12.1 Å². The molecule has 0 bridgehead atoms. The second-order valence-electron chi connectivity index (χ2n) is 6.84. The third-order valence-corrected chi connectivity index (χ3v) is 5.10. The number of halogens is 1. The van der Waals surface area contributed by atoms with Gasteiger partial charge in [0, 0.05) is 19.2 Å². The summed E-state index contributed by atoms with van der Waals surface area (Å²) in [4.78, 5) is 13.8. The van der Waals surface area contributed by atoms with Gasteiger partial charge in [0.25, 0.3) is 0 Å². The number of nitrogens with zero attached hydrogens (tertiary/aromatic N) is 1. The van der Waals surface area contributed by atoms with Crippen LogP contribution in [0.25, 0.3) is 0 Å². The minimum Gasteiger partial charge on any atom is -0.365 e. The van der Waals surface area contributed by atoms with Gasteiger partial charge >= 0.3 is 0 Å². The fourth-order valence-electron chi connectivity index (χ4n) is 3.80. The number of carbonyl (C=O) groups is 1. The van der Waals surface area contributed by atoms with Crippen LogP contribution >= 0.6 is 0 Å². The molecule has 132 valence electrons. The van der Waals surface area contributed by atoms with Crippen molar-refractivity contribution in [3.05, 3.63) is 58.4 Å². The van der Waals surface area contributed by atoms with Crippen LogP contribution in [0.15, 0.2) is 30.3 Å². The van der Waals surface area contributed by atoms with E-state index in [-0.39, 0.29) is 17.8 Å². The van der Waals surface area contributed by atoms with E-state index in [4.69, 9.17) is 0 Å². The zero-order chi connectivity index (χ0) is 18.1. The lowest BCUT2D eigenvalue weighted by Gasteiger charge is -2.37. The molecule has 2 aromatic carbocycles. The number of fused-ring (bicyclic) bond motifs is 1. The molecule has 4 heteroatoms. The molecule has 0 fully saturated rings. The Hall–Kier alpha value is -2.36.